The lowest BCUT2D eigenvalue weighted by molar-refractivity contribution is 0.0452. The molecule has 2 heterocycles. The van der Waals surface area contributed by atoms with Crippen LogP contribution in [-0.4, -0.2) is 60.1 Å². The topological polar surface area (TPSA) is 6.48 Å². The highest BCUT2D eigenvalue weighted by Crippen LogP contribution is 2.32. The summed E-state index contributed by atoms with van der Waals surface area (Å²) in [5.41, 5.74) is 0.520. The third kappa shape index (κ3) is 2.26. The molecule has 2 fully saturated rings. The van der Waals surface area contributed by atoms with E-state index in [-0.39, 0.29) is 0 Å². The van der Waals surface area contributed by atoms with Gasteiger partial charge in [-0.3, -0.25) is 4.90 Å². The summed E-state index contributed by atoms with van der Waals surface area (Å²) in [6.07, 6.45) is 2.78. The predicted molar refractivity (Wildman–Crippen MR) is 64.0 cm³/mol. The minimum Gasteiger partial charge on any atom is -0.304 e. The van der Waals surface area contributed by atoms with E-state index in [4.69, 9.17) is 0 Å². The zero-order valence-corrected chi connectivity index (χ0v) is 10.3. The van der Waals surface area contributed by atoms with Gasteiger partial charge in [0.1, 0.15) is 0 Å². The number of rotatable bonds is 1. The molecule has 2 aliphatic heterocycles. The van der Waals surface area contributed by atoms with Crippen LogP contribution in [0.15, 0.2) is 0 Å². The van der Waals surface area contributed by atoms with Gasteiger partial charge in [-0.15, -0.1) is 0 Å². The van der Waals surface area contributed by atoms with Crippen LogP contribution in [-0.2, 0) is 0 Å². The van der Waals surface area contributed by atoms with Crippen LogP contribution in [0, 0.1) is 0 Å². The molecule has 2 nitrogen and oxygen atoms in total. The van der Waals surface area contributed by atoms with Crippen LogP contribution in [0.2, 0.25) is 0 Å². The molecule has 0 radical (unpaired) electrons. The first-order chi connectivity index (χ1) is 6.71. The number of nitrogens with zero attached hydrogens (tertiary/aromatic N) is 2. The van der Waals surface area contributed by atoms with E-state index in [9.17, 15) is 0 Å². The molecule has 0 bridgehead atoms. The maximum absolute atomic E-state index is 2.73. The summed E-state index contributed by atoms with van der Waals surface area (Å²) in [4.78, 5) is 5.17. The van der Waals surface area contributed by atoms with Crippen LogP contribution >= 0.6 is 11.8 Å². The molecule has 82 valence electrons. The van der Waals surface area contributed by atoms with Crippen LogP contribution in [0.25, 0.3) is 0 Å². The maximum Gasteiger partial charge on any atom is 0.0198 e. The Balaban J connectivity index is 1.92. The fourth-order valence-corrected chi connectivity index (χ4v) is 3.85. The van der Waals surface area contributed by atoms with Gasteiger partial charge in [-0.05, 0) is 38.3 Å². The van der Waals surface area contributed by atoms with E-state index in [0.29, 0.717) is 5.54 Å². The molecule has 0 aliphatic carbocycles. The van der Waals surface area contributed by atoms with Gasteiger partial charge in [-0.2, -0.15) is 11.8 Å². The lowest BCUT2D eigenvalue weighted by Gasteiger charge is -2.47. The molecule has 0 aromatic carbocycles. The largest absolute Gasteiger partial charge is 0.304 e. The summed E-state index contributed by atoms with van der Waals surface area (Å²) in [6, 6.07) is 0. The molecule has 0 aromatic heterocycles. The first-order valence-electron chi connectivity index (χ1n) is 5.72. The maximum atomic E-state index is 2.73. The van der Waals surface area contributed by atoms with Crippen LogP contribution in [0.3, 0.4) is 0 Å². The van der Waals surface area contributed by atoms with Crippen LogP contribution < -0.4 is 0 Å². The van der Waals surface area contributed by atoms with E-state index < -0.39 is 0 Å². The predicted octanol–water partition coefficient (Wildman–Crippen LogP) is 1.52. The van der Waals surface area contributed by atoms with Gasteiger partial charge in [0.05, 0.1) is 0 Å². The van der Waals surface area contributed by atoms with E-state index in [1.165, 1.54) is 50.5 Å². The standard InChI is InChI=1S/C11H22N2S/c1-11(3-9-14-10-4-11)13-7-5-12(2)6-8-13/h3-10H2,1-2H3. The van der Waals surface area contributed by atoms with Crippen molar-refractivity contribution >= 4 is 11.8 Å². The Morgan fingerprint density at radius 3 is 2.14 bits per heavy atom. The summed E-state index contributed by atoms with van der Waals surface area (Å²) in [6.45, 7) is 7.53. The van der Waals surface area contributed by atoms with Crippen molar-refractivity contribution in [3.05, 3.63) is 0 Å². The molecular weight excluding hydrogens is 192 g/mol. The number of hydrogen-bond donors (Lipinski definition) is 0. The Labute approximate surface area is 92.0 Å². The second kappa shape index (κ2) is 4.42. The summed E-state index contributed by atoms with van der Waals surface area (Å²) < 4.78 is 0. The van der Waals surface area contributed by atoms with Crippen LogP contribution in [0.1, 0.15) is 19.8 Å². The lowest BCUT2D eigenvalue weighted by Crippen LogP contribution is -2.56. The molecule has 2 aliphatic rings. The molecule has 2 saturated heterocycles. The monoisotopic (exact) mass is 214 g/mol. The Kier molecular flexibility index (Phi) is 3.40. The normalized spacial score (nSPS) is 30.4. The molecule has 3 heteroatoms. The molecule has 2 rings (SSSR count). The smallest absolute Gasteiger partial charge is 0.0198 e. The van der Waals surface area contributed by atoms with Gasteiger partial charge in [-0.25, -0.2) is 0 Å². The number of hydrogen-bond acceptors (Lipinski definition) is 3. The Morgan fingerprint density at radius 2 is 1.57 bits per heavy atom. The van der Waals surface area contributed by atoms with Gasteiger partial charge in [0.15, 0.2) is 0 Å². The summed E-state index contributed by atoms with van der Waals surface area (Å²) in [5, 5.41) is 0. The third-order valence-electron chi connectivity index (χ3n) is 3.84. The number of piperazine rings is 1. The highest BCUT2D eigenvalue weighted by molar-refractivity contribution is 7.99. The Bertz CT molecular complexity index is 182. The zero-order chi connectivity index (χ0) is 10.0. The second-order valence-electron chi connectivity index (χ2n) is 4.90. The quantitative estimate of drug-likeness (QED) is 0.653. The van der Waals surface area contributed by atoms with Crippen molar-refractivity contribution in [2.45, 2.75) is 25.3 Å². The Morgan fingerprint density at radius 1 is 1.00 bits per heavy atom. The van der Waals surface area contributed by atoms with Gasteiger partial charge in [0.2, 0.25) is 0 Å². The molecule has 0 spiro atoms. The van der Waals surface area contributed by atoms with E-state index in [1.807, 2.05) is 0 Å². The molecule has 14 heavy (non-hydrogen) atoms. The first-order valence-corrected chi connectivity index (χ1v) is 6.87. The fraction of sp³-hybridized carbons (Fsp3) is 1.00. The van der Waals surface area contributed by atoms with Gasteiger partial charge in [0.25, 0.3) is 0 Å². The van der Waals surface area contributed by atoms with Gasteiger partial charge in [-0.1, -0.05) is 0 Å². The van der Waals surface area contributed by atoms with E-state index in [1.54, 1.807) is 0 Å². The van der Waals surface area contributed by atoms with Crippen LogP contribution in [0.4, 0.5) is 0 Å². The average molecular weight is 214 g/mol. The van der Waals surface area contributed by atoms with Gasteiger partial charge >= 0.3 is 0 Å². The molecule has 0 amide bonds. The molecule has 0 aromatic rings. The fourth-order valence-electron chi connectivity index (χ4n) is 2.47. The van der Waals surface area contributed by atoms with E-state index in [2.05, 4.69) is 35.5 Å². The van der Waals surface area contributed by atoms with Crippen molar-refractivity contribution < 1.29 is 0 Å². The van der Waals surface area contributed by atoms with Crippen molar-refractivity contribution in [2.24, 2.45) is 0 Å². The first kappa shape index (κ1) is 10.8. The third-order valence-corrected chi connectivity index (χ3v) is 4.82. The van der Waals surface area contributed by atoms with Crippen molar-refractivity contribution in [1.82, 2.24) is 9.80 Å². The number of likely N-dealkylation sites (N-methyl/N-ethyl adjacent to an activating group) is 1. The highest BCUT2D eigenvalue weighted by atomic mass is 32.2. The van der Waals surface area contributed by atoms with Gasteiger partial charge in [0, 0.05) is 31.7 Å². The van der Waals surface area contributed by atoms with Crippen molar-refractivity contribution in [3.8, 4) is 0 Å². The molecule has 0 saturated carbocycles. The summed E-state index contributed by atoms with van der Waals surface area (Å²) >= 11 is 2.12. The molecule has 0 N–H and O–H groups in total. The molecular formula is C11H22N2S. The minimum absolute atomic E-state index is 0.520. The summed E-state index contributed by atoms with van der Waals surface area (Å²) in [7, 11) is 2.23. The van der Waals surface area contributed by atoms with E-state index >= 15 is 0 Å². The SMILES string of the molecule is CN1CCN(C2(C)CCSCC2)CC1. The summed E-state index contributed by atoms with van der Waals surface area (Å²) in [5.74, 6) is 2.73. The van der Waals surface area contributed by atoms with Crippen molar-refractivity contribution in [1.29, 1.82) is 0 Å². The van der Waals surface area contributed by atoms with Gasteiger partial charge < -0.3 is 4.90 Å². The average Bonchev–Trinajstić information content (AvgIpc) is 2.19. The minimum atomic E-state index is 0.520. The zero-order valence-electron chi connectivity index (χ0n) is 9.46. The van der Waals surface area contributed by atoms with Crippen molar-refractivity contribution in [3.63, 3.8) is 0 Å². The Hall–Kier alpha value is 0.270. The van der Waals surface area contributed by atoms with E-state index in [0.717, 1.165) is 0 Å². The molecule has 0 unspecified atom stereocenters. The number of thioether (sulfide) groups is 1. The highest BCUT2D eigenvalue weighted by Gasteiger charge is 2.34. The second-order valence-corrected chi connectivity index (χ2v) is 6.12. The van der Waals surface area contributed by atoms with Crippen molar-refractivity contribution in [2.75, 3.05) is 44.7 Å². The van der Waals surface area contributed by atoms with Crippen LogP contribution in [0.5, 0.6) is 0 Å². The lowest BCUT2D eigenvalue weighted by atomic mass is 9.92. The molecule has 0 atom stereocenters.